The highest BCUT2D eigenvalue weighted by molar-refractivity contribution is 6.04. The smallest absolute Gasteiger partial charge is 0.254 e. The van der Waals surface area contributed by atoms with Crippen LogP contribution in [0.15, 0.2) is 18.2 Å². The van der Waals surface area contributed by atoms with Gasteiger partial charge < -0.3 is 26.2 Å². The van der Waals surface area contributed by atoms with Crippen molar-refractivity contribution < 1.29 is 24.0 Å². The Kier molecular flexibility index (Phi) is 14.9. The van der Waals surface area contributed by atoms with E-state index in [0.717, 1.165) is 19.5 Å². The highest BCUT2D eigenvalue weighted by Gasteiger charge is 2.27. The Bertz CT molecular complexity index is 1120. The van der Waals surface area contributed by atoms with Crippen LogP contribution in [0, 0.1) is 11.8 Å². The molecular formula is C30H44N6O5. The van der Waals surface area contributed by atoms with Gasteiger partial charge in [-0.2, -0.15) is 0 Å². The number of Topliss-reactive ketones (excluding diaryl/α,β-unsaturated/α-hetero) is 2. The van der Waals surface area contributed by atoms with E-state index in [1.807, 2.05) is 11.8 Å². The molecular weight excluding hydrogens is 524 g/mol. The molecule has 1 unspecified atom stereocenters. The lowest BCUT2D eigenvalue weighted by atomic mass is 9.98. The number of carbonyl (C=O) groups excluding carboxylic acids is 5. The number of hydrogen-bond acceptors (Lipinski definition) is 9. The maximum atomic E-state index is 13.3. The average Bonchev–Trinajstić information content (AvgIpc) is 2.97. The zero-order valence-corrected chi connectivity index (χ0v) is 24.5. The molecule has 2 rings (SSSR count). The number of aldehydes is 1. The van der Waals surface area contributed by atoms with Crippen LogP contribution in [-0.2, 0) is 14.4 Å². The third-order valence-corrected chi connectivity index (χ3v) is 7.11. The van der Waals surface area contributed by atoms with Gasteiger partial charge in [0.1, 0.15) is 5.78 Å². The van der Waals surface area contributed by atoms with Crippen LogP contribution in [0.3, 0.4) is 0 Å². The molecule has 1 atom stereocenters. The summed E-state index contributed by atoms with van der Waals surface area (Å²) in [5, 5.41) is 6.30. The van der Waals surface area contributed by atoms with Crippen molar-refractivity contribution >= 4 is 29.7 Å². The Morgan fingerprint density at radius 3 is 2.44 bits per heavy atom. The molecule has 0 spiro atoms. The second-order valence-electron chi connectivity index (χ2n) is 10.1. The minimum Gasteiger partial charge on any atom is -0.339 e. The maximum absolute atomic E-state index is 13.3. The Balaban J connectivity index is 1.87. The van der Waals surface area contributed by atoms with E-state index in [9.17, 15) is 24.0 Å². The summed E-state index contributed by atoms with van der Waals surface area (Å²) in [6, 6.07) is 4.10. The van der Waals surface area contributed by atoms with Crippen LogP contribution < -0.4 is 16.4 Å². The number of amides is 2. The standard InChI is InChI=1S/C30H44N6O5/c1-4-7-25(39)11-12-28(23(2)38)34(3)30(41)26-10-5-8-24(27(26)21-37)9-6-13-32-14-15-33-20-29(40)36-18-16-35(22-31)17-19-36/h5,8,10,21,28,32-33H,4,7,11-20,22,31H2,1-3H3. The molecule has 0 aromatic heterocycles. The molecule has 1 aliphatic heterocycles. The summed E-state index contributed by atoms with van der Waals surface area (Å²) in [5.41, 5.74) is 6.37. The third-order valence-electron chi connectivity index (χ3n) is 7.11. The molecule has 224 valence electrons. The normalized spacial score (nSPS) is 14.1. The monoisotopic (exact) mass is 568 g/mol. The van der Waals surface area contributed by atoms with E-state index >= 15 is 0 Å². The predicted octanol–water partition coefficient (Wildman–Crippen LogP) is 0.269. The van der Waals surface area contributed by atoms with Crippen LogP contribution in [0.2, 0.25) is 0 Å². The summed E-state index contributed by atoms with van der Waals surface area (Å²) in [6.07, 6.45) is 2.23. The van der Waals surface area contributed by atoms with E-state index in [1.54, 1.807) is 12.1 Å². The van der Waals surface area contributed by atoms with E-state index in [0.29, 0.717) is 57.7 Å². The number of likely N-dealkylation sites (N-methyl/N-ethyl adjacent to an activating group) is 1. The van der Waals surface area contributed by atoms with E-state index in [-0.39, 0.29) is 48.0 Å². The van der Waals surface area contributed by atoms with Gasteiger partial charge in [-0.05, 0) is 31.9 Å². The van der Waals surface area contributed by atoms with Crippen LogP contribution in [-0.4, -0.2) is 116 Å². The van der Waals surface area contributed by atoms with Gasteiger partial charge in [-0.25, -0.2) is 0 Å². The first-order valence-electron chi connectivity index (χ1n) is 14.2. The maximum Gasteiger partial charge on any atom is 0.254 e. The first-order valence-corrected chi connectivity index (χ1v) is 14.2. The van der Waals surface area contributed by atoms with Gasteiger partial charge in [0.25, 0.3) is 5.91 Å². The predicted molar refractivity (Wildman–Crippen MR) is 157 cm³/mol. The molecule has 1 heterocycles. The second-order valence-corrected chi connectivity index (χ2v) is 10.1. The Labute approximate surface area is 243 Å². The van der Waals surface area contributed by atoms with Crippen molar-refractivity contribution in [2.75, 3.05) is 66.1 Å². The molecule has 1 aromatic carbocycles. The van der Waals surface area contributed by atoms with Crippen molar-refractivity contribution in [3.8, 4) is 11.8 Å². The Hall–Kier alpha value is -3.43. The number of hydrogen-bond donors (Lipinski definition) is 3. The number of nitrogens with zero attached hydrogens (tertiary/aromatic N) is 3. The fourth-order valence-electron chi connectivity index (χ4n) is 4.64. The SMILES string of the molecule is CCCC(=O)CCC(C(C)=O)N(C)C(=O)c1cccc(C#CCNCCNCC(=O)N2CCN(CN)CC2)c1C=O. The van der Waals surface area contributed by atoms with Crippen molar-refractivity contribution in [1.29, 1.82) is 0 Å². The first-order chi connectivity index (χ1) is 19.7. The molecule has 11 heteroatoms. The van der Waals surface area contributed by atoms with Gasteiger partial charge in [0.05, 0.1) is 24.7 Å². The van der Waals surface area contributed by atoms with Gasteiger partial charge in [-0.1, -0.05) is 24.8 Å². The van der Waals surface area contributed by atoms with Crippen LogP contribution in [0.4, 0.5) is 0 Å². The summed E-state index contributed by atoms with van der Waals surface area (Å²) in [4.78, 5) is 67.0. The Morgan fingerprint density at radius 2 is 1.80 bits per heavy atom. The lowest BCUT2D eigenvalue weighted by Crippen LogP contribution is -2.52. The van der Waals surface area contributed by atoms with Crippen molar-refractivity contribution in [1.82, 2.24) is 25.3 Å². The largest absolute Gasteiger partial charge is 0.339 e. The molecule has 1 aliphatic rings. The zero-order chi connectivity index (χ0) is 30.2. The summed E-state index contributed by atoms with van der Waals surface area (Å²) in [6.45, 7) is 8.60. The number of piperazine rings is 1. The Morgan fingerprint density at radius 1 is 1.10 bits per heavy atom. The molecule has 2 amide bonds. The molecule has 0 aliphatic carbocycles. The van der Waals surface area contributed by atoms with Crippen LogP contribution in [0.5, 0.6) is 0 Å². The molecule has 11 nitrogen and oxygen atoms in total. The first kappa shape index (κ1) is 33.8. The summed E-state index contributed by atoms with van der Waals surface area (Å²) in [7, 11) is 1.51. The van der Waals surface area contributed by atoms with E-state index in [2.05, 4.69) is 27.4 Å². The fraction of sp³-hybridized carbons (Fsp3) is 0.567. The van der Waals surface area contributed by atoms with Gasteiger partial charge in [0.15, 0.2) is 12.1 Å². The lowest BCUT2D eigenvalue weighted by Gasteiger charge is -2.33. The quantitative estimate of drug-likeness (QED) is 0.145. The molecule has 4 N–H and O–H groups in total. The van der Waals surface area contributed by atoms with Crippen molar-refractivity contribution in [2.45, 2.75) is 45.6 Å². The molecule has 0 radical (unpaired) electrons. The van der Waals surface area contributed by atoms with Gasteiger partial charge in [-0.15, -0.1) is 0 Å². The zero-order valence-electron chi connectivity index (χ0n) is 24.5. The van der Waals surface area contributed by atoms with Crippen molar-refractivity contribution in [2.24, 2.45) is 5.73 Å². The van der Waals surface area contributed by atoms with Crippen molar-refractivity contribution in [3.05, 3.63) is 34.9 Å². The molecule has 0 saturated carbocycles. The molecule has 41 heavy (non-hydrogen) atoms. The van der Waals surface area contributed by atoms with Crippen LogP contribution >= 0.6 is 0 Å². The van der Waals surface area contributed by atoms with Gasteiger partial charge in [0, 0.05) is 77.0 Å². The number of benzene rings is 1. The number of nitrogens with two attached hydrogens (primary N) is 1. The van der Waals surface area contributed by atoms with E-state index in [1.165, 1.54) is 24.9 Å². The molecule has 0 bridgehead atoms. The average molecular weight is 569 g/mol. The van der Waals surface area contributed by atoms with Gasteiger partial charge in [-0.3, -0.25) is 28.9 Å². The molecule has 1 fully saturated rings. The number of rotatable bonds is 16. The summed E-state index contributed by atoms with van der Waals surface area (Å²) < 4.78 is 0. The second kappa shape index (κ2) is 18.1. The summed E-state index contributed by atoms with van der Waals surface area (Å²) >= 11 is 0. The minimum atomic E-state index is -0.757. The minimum absolute atomic E-state index is 0.0561. The fourth-order valence-corrected chi connectivity index (χ4v) is 4.64. The highest BCUT2D eigenvalue weighted by Crippen LogP contribution is 2.18. The van der Waals surface area contributed by atoms with Gasteiger partial charge in [0.2, 0.25) is 5.91 Å². The number of nitrogens with one attached hydrogen (secondary N) is 2. The third kappa shape index (κ3) is 10.8. The summed E-state index contributed by atoms with van der Waals surface area (Å²) in [5.74, 6) is 5.35. The van der Waals surface area contributed by atoms with Crippen LogP contribution in [0.1, 0.15) is 65.8 Å². The van der Waals surface area contributed by atoms with E-state index < -0.39 is 11.9 Å². The number of carbonyl (C=O) groups is 5. The van der Waals surface area contributed by atoms with E-state index in [4.69, 9.17) is 5.73 Å². The molecule has 1 aromatic rings. The van der Waals surface area contributed by atoms with Crippen molar-refractivity contribution in [3.63, 3.8) is 0 Å². The highest BCUT2D eigenvalue weighted by atomic mass is 16.2. The lowest BCUT2D eigenvalue weighted by molar-refractivity contribution is -0.132. The van der Waals surface area contributed by atoms with Gasteiger partial charge >= 0.3 is 0 Å². The topological polar surface area (TPSA) is 145 Å². The number of ketones is 2. The molecule has 1 saturated heterocycles. The van der Waals surface area contributed by atoms with Crippen LogP contribution in [0.25, 0.3) is 0 Å².